The van der Waals surface area contributed by atoms with Crippen LogP contribution in [0.3, 0.4) is 0 Å². The lowest BCUT2D eigenvalue weighted by atomic mass is 10.3. The highest BCUT2D eigenvalue weighted by atomic mass is 32.2. The molecule has 0 spiro atoms. The van der Waals surface area contributed by atoms with Gasteiger partial charge in [-0.1, -0.05) is 0 Å². The minimum absolute atomic E-state index is 0.272. The van der Waals surface area contributed by atoms with E-state index in [1.807, 2.05) is 4.72 Å². The Kier molecular flexibility index (Phi) is 4.68. The number of carbonyl (C=O) groups excluding carboxylic acids is 1. The van der Waals surface area contributed by atoms with Gasteiger partial charge in [-0.05, 0) is 12.2 Å². The lowest BCUT2D eigenvalue weighted by molar-refractivity contribution is 0.0596. The second-order valence-corrected chi connectivity index (χ2v) is 7.92. The molecule has 10 nitrogen and oxygen atoms in total. The van der Waals surface area contributed by atoms with Crippen LogP contribution >= 0.6 is 23.6 Å². The standard InChI is InChI=1S/C12H11FN4O6S3/c1-16-9(6-3-23-6)14-17(12(16)19)11(24)15-26(20,21)7-5(10(18)22-2)4-25-8(7)13/h4,6H,3H2,1-2H3,(H,15,24). The van der Waals surface area contributed by atoms with Crippen molar-refractivity contribution >= 4 is 44.7 Å². The average Bonchev–Trinajstić information content (AvgIpc) is 3.27. The molecule has 1 saturated heterocycles. The Morgan fingerprint density at radius 3 is 2.81 bits per heavy atom. The molecule has 0 saturated carbocycles. The number of aromatic nitrogens is 3. The van der Waals surface area contributed by atoms with Crippen molar-refractivity contribution in [2.75, 3.05) is 13.7 Å². The molecule has 0 aliphatic carbocycles. The van der Waals surface area contributed by atoms with Crippen molar-refractivity contribution in [3.8, 4) is 0 Å². The number of esters is 1. The molecule has 1 aliphatic heterocycles. The number of rotatable bonds is 4. The number of thiophene rings is 1. The van der Waals surface area contributed by atoms with E-state index in [0.717, 1.165) is 17.1 Å². The predicted molar refractivity (Wildman–Crippen MR) is 90.1 cm³/mol. The Hall–Kier alpha value is -2.16. The number of sulfonamides is 1. The van der Waals surface area contributed by atoms with Crippen LogP contribution in [0, 0.1) is 5.13 Å². The molecule has 0 radical (unpaired) electrons. The molecule has 1 atom stereocenters. The fourth-order valence-corrected chi connectivity index (χ4v) is 4.81. The van der Waals surface area contributed by atoms with Gasteiger partial charge in [0, 0.05) is 12.4 Å². The van der Waals surface area contributed by atoms with Crippen LogP contribution in [0.4, 0.5) is 4.39 Å². The summed E-state index contributed by atoms with van der Waals surface area (Å²) in [6, 6.07) is 0. The first-order valence-electron chi connectivity index (χ1n) is 6.87. The topological polar surface area (TPSA) is 125 Å². The number of nitrogens with zero attached hydrogens (tertiary/aromatic N) is 3. The van der Waals surface area contributed by atoms with Crippen LogP contribution in [0.2, 0.25) is 0 Å². The summed E-state index contributed by atoms with van der Waals surface area (Å²) in [5.74, 6) is -0.756. The smallest absolute Gasteiger partial charge is 0.352 e. The molecule has 3 rings (SSSR count). The second kappa shape index (κ2) is 6.53. The number of methoxy groups -OCH3 is 1. The van der Waals surface area contributed by atoms with E-state index < -0.39 is 42.4 Å². The Labute approximate surface area is 155 Å². The Morgan fingerprint density at radius 2 is 2.23 bits per heavy atom. The summed E-state index contributed by atoms with van der Waals surface area (Å²) in [7, 11) is -2.15. The van der Waals surface area contributed by atoms with Gasteiger partial charge in [-0.2, -0.15) is 9.07 Å². The first-order valence-corrected chi connectivity index (χ1v) is 9.64. The minimum Gasteiger partial charge on any atom is -0.465 e. The number of thiocarbonyl (C=S) groups is 1. The molecule has 140 valence electrons. The van der Waals surface area contributed by atoms with E-state index in [1.165, 1.54) is 7.05 Å². The largest absolute Gasteiger partial charge is 0.465 e. The van der Waals surface area contributed by atoms with Gasteiger partial charge in [0.2, 0.25) is 5.11 Å². The maximum Gasteiger partial charge on any atom is 0.352 e. The van der Waals surface area contributed by atoms with Gasteiger partial charge >= 0.3 is 11.7 Å². The number of carbonyl (C=O) groups is 1. The second-order valence-electron chi connectivity index (χ2n) is 5.09. The Balaban J connectivity index is 1.95. The van der Waals surface area contributed by atoms with Crippen LogP contribution in [0.5, 0.6) is 0 Å². The molecule has 2 aromatic heterocycles. The SMILES string of the molecule is COC(=O)c1csc(F)c1S(=O)(=O)NC(=S)n1nc(C2CO2)n(C)c1=O. The molecule has 3 heterocycles. The lowest BCUT2D eigenvalue weighted by Gasteiger charge is -2.08. The van der Waals surface area contributed by atoms with Gasteiger partial charge in [-0.3, -0.25) is 9.29 Å². The van der Waals surface area contributed by atoms with Gasteiger partial charge in [0.15, 0.2) is 11.0 Å². The number of epoxide rings is 1. The van der Waals surface area contributed by atoms with Crippen LogP contribution in [0.1, 0.15) is 22.3 Å². The Morgan fingerprint density at radius 1 is 1.58 bits per heavy atom. The first kappa shape index (κ1) is 18.6. The van der Waals surface area contributed by atoms with Gasteiger partial charge in [-0.25, -0.2) is 18.0 Å². The first-order chi connectivity index (χ1) is 12.2. The maximum atomic E-state index is 14.0. The predicted octanol–water partition coefficient (Wildman–Crippen LogP) is -0.248. The van der Waals surface area contributed by atoms with Crippen LogP contribution in [0.15, 0.2) is 15.1 Å². The molecule has 1 unspecified atom stereocenters. The summed E-state index contributed by atoms with van der Waals surface area (Å²) < 4.78 is 52.1. The zero-order chi connectivity index (χ0) is 19.2. The molecule has 0 bridgehead atoms. The van der Waals surface area contributed by atoms with E-state index in [4.69, 9.17) is 17.0 Å². The molecule has 1 aliphatic rings. The van der Waals surface area contributed by atoms with Gasteiger partial charge in [0.25, 0.3) is 10.0 Å². The zero-order valence-electron chi connectivity index (χ0n) is 13.3. The van der Waals surface area contributed by atoms with Crippen molar-refractivity contribution in [2.45, 2.75) is 11.0 Å². The van der Waals surface area contributed by atoms with Crippen LogP contribution in [-0.2, 0) is 26.5 Å². The summed E-state index contributed by atoms with van der Waals surface area (Å²) in [5, 5.41) is 3.21. The Bertz CT molecular complexity index is 1070. The normalized spacial score (nSPS) is 16.3. The highest BCUT2D eigenvalue weighted by molar-refractivity contribution is 7.92. The van der Waals surface area contributed by atoms with Crippen molar-refractivity contribution in [1.82, 2.24) is 19.1 Å². The summed E-state index contributed by atoms with van der Waals surface area (Å²) in [5.41, 5.74) is -1.19. The van der Waals surface area contributed by atoms with Crippen molar-refractivity contribution in [2.24, 2.45) is 7.05 Å². The average molecular weight is 422 g/mol. The molecule has 26 heavy (non-hydrogen) atoms. The molecule has 14 heteroatoms. The zero-order valence-corrected chi connectivity index (χ0v) is 15.7. The van der Waals surface area contributed by atoms with Crippen molar-refractivity contribution in [1.29, 1.82) is 0 Å². The quantitative estimate of drug-likeness (QED) is 0.406. The van der Waals surface area contributed by atoms with Gasteiger partial charge < -0.3 is 9.47 Å². The third-order valence-corrected chi connectivity index (χ3v) is 6.12. The molecule has 1 N–H and O–H groups in total. The van der Waals surface area contributed by atoms with E-state index in [-0.39, 0.29) is 11.9 Å². The maximum absolute atomic E-state index is 14.0. The third-order valence-electron chi connectivity index (χ3n) is 3.43. The van der Waals surface area contributed by atoms with E-state index in [9.17, 15) is 22.4 Å². The lowest BCUT2D eigenvalue weighted by Crippen LogP contribution is -2.40. The number of nitrogens with one attached hydrogen (secondary N) is 1. The summed E-state index contributed by atoms with van der Waals surface area (Å²) in [6.07, 6.45) is -0.367. The van der Waals surface area contributed by atoms with E-state index >= 15 is 0 Å². The molecule has 0 amide bonds. The van der Waals surface area contributed by atoms with Crippen LogP contribution in [0.25, 0.3) is 0 Å². The van der Waals surface area contributed by atoms with E-state index in [2.05, 4.69) is 9.84 Å². The molecular formula is C12H11FN4O6S3. The number of halogens is 1. The van der Waals surface area contributed by atoms with Gasteiger partial charge in [0.1, 0.15) is 11.0 Å². The molecule has 0 aromatic carbocycles. The highest BCUT2D eigenvalue weighted by Gasteiger charge is 2.34. The summed E-state index contributed by atoms with van der Waals surface area (Å²) >= 11 is 5.32. The van der Waals surface area contributed by atoms with Crippen molar-refractivity contribution < 1.29 is 27.1 Å². The number of hydrogen-bond donors (Lipinski definition) is 1. The molecular weight excluding hydrogens is 411 g/mol. The fraction of sp³-hybridized carbons (Fsp3) is 0.333. The van der Waals surface area contributed by atoms with E-state index in [0.29, 0.717) is 22.6 Å². The van der Waals surface area contributed by atoms with Crippen LogP contribution in [-0.4, -0.2) is 47.6 Å². The van der Waals surface area contributed by atoms with Gasteiger partial charge in [-0.15, -0.1) is 16.4 Å². The number of ether oxygens (including phenoxy) is 2. The number of hydrogen-bond acceptors (Lipinski definition) is 9. The fourth-order valence-electron chi connectivity index (χ4n) is 2.10. The van der Waals surface area contributed by atoms with Gasteiger partial charge in [0.05, 0.1) is 19.3 Å². The molecule has 1 fully saturated rings. The van der Waals surface area contributed by atoms with Crippen LogP contribution < -0.4 is 10.4 Å². The summed E-state index contributed by atoms with van der Waals surface area (Å²) in [4.78, 5) is 22.9. The minimum atomic E-state index is -4.60. The molecule has 2 aromatic rings. The van der Waals surface area contributed by atoms with Crippen molar-refractivity contribution in [3.63, 3.8) is 0 Å². The highest BCUT2D eigenvalue weighted by Crippen LogP contribution is 2.27. The summed E-state index contributed by atoms with van der Waals surface area (Å²) in [6.45, 7) is 0.380. The third kappa shape index (κ3) is 3.15. The van der Waals surface area contributed by atoms with Crippen molar-refractivity contribution in [3.05, 3.63) is 32.4 Å². The monoisotopic (exact) mass is 422 g/mol. The van der Waals surface area contributed by atoms with E-state index in [1.54, 1.807) is 0 Å².